The average molecular weight is 245 g/mol. The summed E-state index contributed by atoms with van der Waals surface area (Å²) in [6, 6.07) is 8.37. The summed E-state index contributed by atoms with van der Waals surface area (Å²) in [5, 5.41) is 5.78. The number of aryl methyl sites for hydroxylation is 1. The zero-order chi connectivity index (χ0) is 13.0. The van der Waals surface area contributed by atoms with Gasteiger partial charge in [0.1, 0.15) is 0 Å². The maximum atomic E-state index is 6.28. The van der Waals surface area contributed by atoms with E-state index in [2.05, 4.69) is 30.2 Å². The Labute approximate surface area is 109 Å². The Bertz CT molecular complexity index is 501. The van der Waals surface area contributed by atoms with E-state index in [9.17, 15) is 0 Å². The molecule has 2 N–H and O–H groups in total. The molecule has 18 heavy (non-hydrogen) atoms. The van der Waals surface area contributed by atoms with Gasteiger partial charge in [-0.25, -0.2) is 0 Å². The predicted octanol–water partition coefficient (Wildman–Crippen LogP) is 3.54. The van der Waals surface area contributed by atoms with Gasteiger partial charge in [-0.3, -0.25) is 4.68 Å². The summed E-state index contributed by atoms with van der Waals surface area (Å²) in [6.07, 6.45) is 6.06. The molecule has 1 heterocycles. The third kappa shape index (κ3) is 2.72. The highest BCUT2D eigenvalue weighted by Crippen LogP contribution is 2.25. The van der Waals surface area contributed by atoms with Gasteiger partial charge in [-0.2, -0.15) is 5.10 Å². The van der Waals surface area contributed by atoms with Crippen molar-refractivity contribution in [3.8, 4) is 0 Å². The first kappa shape index (κ1) is 13.1. The van der Waals surface area contributed by atoms with Crippen molar-refractivity contribution < 1.29 is 0 Å². The molecule has 3 heteroatoms. The van der Waals surface area contributed by atoms with Gasteiger partial charge in [0.2, 0.25) is 0 Å². The van der Waals surface area contributed by atoms with Gasteiger partial charge in [0.25, 0.3) is 0 Å². The first-order chi connectivity index (χ1) is 8.74. The maximum absolute atomic E-state index is 6.28. The van der Waals surface area contributed by atoms with Gasteiger partial charge >= 0.3 is 0 Å². The molecule has 0 aliphatic carbocycles. The highest BCUT2D eigenvalue weighted by Gasteiger charge is 2.14. The Morgan fingerprint density at radius 1 is 1.22 bits per heavy atom. The van der Waals surface area contributed by atoms with Crippen molar-refractivity contribution in [2.45, 2.75) is 45.1 Å². The third-order valence-corrected chi connectivity index (χ3v) is 3.51. The fourth-order valence-electron chi connectivity index (χ4n) is 2.44. The fourth-order valence-corrected chi connectivity index (χ4v) is 2.44. The van der Waals surface area contributed by atoms with Crippen LogP contribution >= 0.6 is 0 Å². The number of hydrogen-bond acceptors (Lipinski definition) is 2. The molecule has 0 amide bonds. The Balaban J connectivity index is 2.10. The van der Waals surface area contributed by atoms with Crippen molar-refractivity contribution in [2.24, 2.45) is 12.8 Å². The number of nitrogens with two attached hydrogens (primary N) is 1. The molecule has 2 aromatic rings. The largest absolute Gasteiger partial charge is 0.323 e. The van der Waals surface area contributed by atoms with Gasteiger partial charge in [-0.1, -0.05) is 50.8 Å². The van der Waals surface area contributed by atoms with Crippen LogP contribution in [0, 0.1) is 0 Å². The first-order valence-corrected chi connectivity index (χ1v) is 6.91. The van der Waals surface area contributed by atoms with Gasteiger partial charge in [0, 0.05) is 18.5 Å². The molecule has 1 unspecified atom stereocenters. The predicted molar refractivity (Wildman–Crippen MR) is 76.4 cm³/mol. The fraction of sp³-hybridized carbons (Fsp3) is 0.533. The van der Waals surface area contributed by atoms with E-state index in [1.807, 2.05) is 17.8 Å². The molecule has 98 valence electrons. The number of hydrogen-bond donors (Lipinski definition) is 1. The Morgan fingerprint density at radius 2 is 2.00 bits per heavy atom. The normalized spacial score (nSPS) is 13.1. The van der Waals surface area contributed by atoms with E-state index in [1.165, 1.54) is 31.1 Å². The lowest BCUT2D eigenvalue weighted by atomic mass is 10.0. The lowest BCUT2D eigenvalue weighted by Gasteiger charge is -2.08. The van der Waals surface area contributed by atoms with Crippen LogP contribution in [0.5, 0.6) is 0 Å². The first-order valence-electron chi connectivity index (χ1n) is 6.91. The topological polar surface area (TPSA) is 43.8 Å². The molecule has 1 aromatic carbocycles. The number of nitrogens with zero attached hydrogens (tertiary/aromatic N) is 2. The quantitative estimate of drug-likeness (QED) is 0.791. The van der Waals surface area contributed by atoms with Gasteiger partial charge in [0.15, 0.2) is 0 Å². The molecule has 2 rings (SSSR count). The number of aromatic nitrogens is 2. The van der Waals surface area contributed by atoms with Crippen molar-refractivity contribution >= 4 is 10.9 Å². The summed E-state index contributed by atoms with van der Waals surface area (Å²) in [6.45, 7) is 2.23. The minimum atomic E-state index is 0.0629. The van der Waals surface area contributed by atoms with Crippen molar-refractivity contribution in [2.75, 3.05) is 0 Å². The third-order valence-electron chi connectivity index (χ3n) is 3.51. The number of para-hydroxylation sites is 1. The second-order valence-corrected chi connectivity index (χ2v) is 4.98. The highest BCUT2D eigenvalue weighted by molar-refractivity contribution is 5.82. The van der Waals surface area contributed by atoms with Crippen LogP contribution in [0.15, 0.2) is 24.3 Å². The smallest absolute Gasteiger partial charge is 0.0870 e. The minimum absolute atomic E-state index is 0.0629. The second kappa shape index (κ2) is 6.01. The van der Waals surface area contributed by atoms with Crippen molar-refractivity contribution in [3.05, 3.63) is 30.0 Å². The second-order valence-electron chi connectivity index (χ2n) is 4.98. The van der Waals surface area contributed by atoms with Gasteiger partial charge in [-0.15, -0.1) is 0 Å². The van der Waals surface area contributed by atoms with E-state index < -0.39 is 0 Å². The zero-order valence-electron chi connectivity index (χ0n) is 11.4. The summed E-state index contributed by atoms with van der Waals surface area (Å²) in [5.41, 5.74) is 8.49. The summed E-state index contributed by atoms with van der Waals surface area (Å²) in [5.74, 6) is 0. The van der Waals surface area contributed by atoms with Crippen molar-refractivity contribution in [1.29, 1.82) is 0 Å². The van der Waals surface area contributed by atoms with Gasteiger partial charge in [-0.05, 0) is 12.5 Å². The molecular weight excluding hydrogens is 222 g/mol. The van der Waals surface area contributed by atoms with Crippen LogP contribution in [0.3, 0.4) is 0 Å². The van der Waals surface area contributed by atoms with E-state index in [-0.39, 0.29) is 6.04 Å². The summed E-state index contributed by atoms with van der Waals surface area (Å²) >= 11 is 0. The van der Waals surface area contributed by atoms with E-state index in [4.69, 9.17) is 5.73 Å². The van der Waals surface area contributed by atoms with E-state index >= 15 is 0 Å². The van der Waals surface area contributed by atoms with E-state index in [0.717, 1.165) is 17.6 Å². The van der Waals surface area contributed by atoms with Crippen LogP contribution in [0.2, 0.25) is 0 Å². The van der Waals surface area contributed by atoms with Crippen LogP contribution in [0.25, 0.3) is 10.9 Å². The molecule has 0 saturated heterocycles. The molecule has 0 bridgehead atoms. The molecule has 0 aliphatic rings. The SMILES string of the molecule is CCCCCCC(N)c1nn(C)c2ccccc12. The molecule has 0 radical (unpaired) electrons. The van der Waals surface area contributed by atoms with Crippen LogP contribution in [0.4, 0.5) is 0 Å². The Kier molecular flexibility index (Phi) is 4.37. The number of rotatable bonds is 6. The molecule has 1 atom stereocenters. The van der Waals surface area contributed by atoms with Gasteiger partial charge < -0.3 is 5.73 Å². The highest BCUT2D eigenvalue weighted by atomic mass is 15.3. The maximum Gasteiger partial charge on any atom is 0.0870 e. The Hall–Kier alpha value is -1.35. The minimum Gasteiger partial charge on any atom is -0.323 e. The van der Waals surface area contributed by atoms with Crippen LogP contribution < -0.4 is 5.73 Å². The number of benzene rings is 1. The van der Waals surface area contributed by atoms with Gasteiger partial charge in [0.05, 0.1) is 11.2 Å². The molecule has 0 fully saturated rings. The van der Waals surface area contributed by atoms with Crippen LogP contribution in [-0.2, 0) is 7.05 Å². The van der Waals surface area contributed by atoms with Crippen LogP contribution in [-0.4, -0.2) is 9.78 Å². The molecule has 0 saturated carbocycles. The summed E-state index contributed by atoms with van der Waals surface area (Å²) < 4.78 is 1.93. The molecular formula is C15H23N3. The zero-order valence-corrected chi connectivity index (χ0v) is 11.4. The molecule has 0 aliphatic heterocycles. The Morgan fingerprint density at radius 3 is 2.78 bits per heavy atom. The summed E-state index contributed by atoms with van der Waals surface area (Å²) in [7, 11) is 1.98. The summed E-state index contributed by atoms with van der Waals surface area (Å²) in [4.78, 5) is 0. The monoisotopic (exact) mass is 245 g/mol. The van der Waals surface area contributed by atoms with Crippen molar-refractivity contribution in [1.82, 2.24) is 9.78 Å². The lowest BCUT2D eigenvalue weighted by molar-refractivity contribution is 0.553. The van der Waals surface area contributed by atoms with E-state index in [1.54, 1.807) is 0 Å². The number of fused-ring (bicyclic) bond motifs is 1. The molecule has 1 aromatic heterocycles. The molecule has 0 spiro atoms. The molecule has 3 nitrogen and oxygen atoms in total. The standard InChI is InChI=1S/C15H23N3/c1-3-4-5-6-10-13(16)15-12-9-7-8-11-14(12)18(2)17-15/h7-9,11,13H,3-6,10,16H2,1-2H3. The van der Waals surface area contributed by atoms with Crippen molar-refractivity contribution in [3.63, 3.8) is 0 Å². The number of unbranched alkanes of at least 4 members (excludes halogenated alkanes) is 3. The average Bonchev–Trinajstić information content (AvgIpc) is 2.73. The lowest BCUT2D eigenvalue weighted by Crippen LogP contribution is -2.11. The van der Waals surface area contributed by atoms with E-state index in [0.29, 0.717) is 0 Å². The van der Waals surface area contributed by atoms with Crippen LogP contribution in [0.1, 0.15) is 50.8 Å².